The number of anilines is 2. The SMILES string of the molecule is C[C@H]1Oc2c(C(=O)Nc3ccc(N4CCCC4=O)cc3)cccc2[C@@H]1C. The smallest absolute Gasteiger partial charge is 0.259 e. The molecule has 0 aliphatic carbocycles. The molecule has 1 N–H and O–H groups in total. The van der Waals surface area contributed by atoms with E-state index in [9.17, 15) is 9.59 Å². The van der Waals surface area contributed by atoms with E-state index in [1.54, 1.807) is 11.0 Å². The number of rotatable bonds is 3. The molecule has 5 nitrogen and oxygen atoms in total. The molecule has 2 aliphatic rings. The van der Waals surface area contributed by atoms with Crippen molar-refractivity contribution in [2.75, 3.05) is 16.8 Å². The molecule has 0 saturated carbocycles. The molecular formula is C21H22N2O3. The van der Waals surface area contributed by atoms with Gasteiger partial charge in [0.25, 0.3) is 5.91 Å². The highest BCUT2D eigenvalue weighted by Crippen LogP contribution is 2.40. The lowest BCUT2D eigenvalue weighted by atomic mass is 9.97. The zero-order chi connectivity index (χ0) is 18.3. The van der Waals surface area contributed by atoms with Gasteiger partial charge in [-0.2, -0.15) is 0 Å². The van der Waals surface area contributed by atoms with Crippen molar-refractivity contribution in [3.8, 4) is 5.75 Å². The molecule has 2 amide bonds. The van der Waals surface area contributed by atoms with Gasteiger partial charge in [0.05, 0.1) is 5.56 Å². The summed E-state index contributed by atoms with van der Waals surface area (Å²) in [6, 6.07) is 13.1. The number of benzene rings is 2. The van der Waals surface area contributed by atoms with Crippen LogP contribution >= 0.6 is 0 Å². The Kier molecular flexibility index (Phi) is 4.15. The molecule has 0 spiro atoms. The fourth-order valence-electron chi connectivity index (χ4n) is 3.61. The Balaban J connectivity index is 1.52. The minimum atomic E-state index is -0.187. The van der Waals surface area contributed by atoms with Crippen molar-refractivity contribution in [2.24, 2.45) is 0 Å². The Hall–Kier alpha value is -2.82. The summed E-state index contributed by atoms with van der Waals surface area (Å²) < 4.78 is 5.90. The van der Waals surface area contributed by atoms with Crippen molar-refractivity contribution in [2.45, 2.75) is 38.7 Å². The van der Waals surface area contributed by atoms with Crippen molar-refractivity contribution in [1.82, 2.24) is 0 Å². The normalized spacial score (nSPS) is 21.5. The maximum Gasteiger partial charge on any atom is 0.259 e. The Labute approximate surface area is 153 Å². The van der Waals surface area contributed by atoms with Crippen LogP contribution in [0.3, 0.4) is 0 Å². The second kappa shape index (κ2) is 6.48. The number of fused-ring (bicyclic) bond motifs is 1. The maximum absolute atomic E-state index is 12.7. The summed E-state index contributed by atoms with van der Waals surface area (Å²) in [5.74, 6) is 0.925. The predicted octanol–water partition coefficient (Wildman–Crippen LogP) is 3.95. The van der Waals surface area contributed by atoms with E-state index >= 15 is 0 Å². The molecule has 1 saturated heterocycles. The molecule has 0 radical (unpaired) electrons. The summed E-state index contributed by atoms with van der Waals surface area (Å²) in [6.07, 6.45) is 1.57. The van der Waals surface area contributed by atoms with Gasteiger partial charge in [0.2, 0.25) is 5.91 Å². The van der Waals surface area contributed by atoms with Gasteiger partial charge in [-0.25, -0.2) is 0 Å². The third-order valence-corrected chi connectivity index (χ3v) is 5.30. The Morgan fingerprint density at radius 3 is 2.62 bits per heavy atom. The summed E-state index contributed by atoms with van der Waals surface area (Å²) >= 11 is 0. The lowest BCUT2D eigenvalue weighted by molar-refractivity contribution is -0.117. The molecule has 4 rings (SSSR count). The van der Waals surface area contributed by atoms with E-state index in [0.29, 0.717) is 23.4 Å². The number of carbonyl (C=O) groups is 2. The van der Waals surface area contributed by atoms with E-state index in [4.69, 9.17) is 4.74 Å². The highest BCUT2D eigenvalue weighted by atomic mass is 16.5. The van der Waals surface area contributed by atoms with Crippen LogP contribution in [-0.4, -0.2) is 24.5 Å². The molecule has 0 bridgehead atoms. The predicted molar refractivity (Wildman–Crippen MR) is 101 cm³/mol. The molecule has 26 heavy (non-hydrogen) atoms. The van der Waals surface area contributed by atoms with E-state index in [0.717, 1.165) is 24.2 Å². The molecule has 1 fully saturated rings. The lowest BCUT2D eigenvalue weighted by Gasteiger charge is -2.16. The van der Waals surface area contributed by atoms with E-state index in [-0.39, 0.29) is 23.8 Å². The summed E-state index contributed by atoms with van der Waals surface area (Å²) in [4.78, 5) is 26.3. The van der Waals surface area contributed by atoms with E-state index < -0.39 is 0 Å². The molecule has 5 heteroatoms. The first-order valence-corrected chi connectivity index (χ1v) is 9.06. The fourth-order valence-corrected chi connectivity index (χ4v) is 3.61. The van der Waals surface area contributed by atoms with Gasteiger partial charge < -0.3 is 15.0 Å². The van der Waals surface area contributed by atoms with Crippen molar-refractivity contribution in [3.05, 3.63) is 53.6 Å². The maximum atomic E-state index is 12.7. The molecule has 2 aromatic rings. The van der Waals surface area contributed by atoms with E-state index in [1.165, 1.54) is 0 Å². The second-order valence-electron chi connectivity index (χ2n) is 6.99. The van der Waals surface area contributed by atoms with Crippen molar-refractivity contribution >= 4 is 23.2 Å². The van der Waals surface area contributed by atoms with Crippen LogP contribution < -0.4 is 15.0 Å². The first-order chi connectivity index (χ1) is 12.5. The summed E-state index contributed by atoms with van der Waals surface area (Å²) in [5.41, 5.74) is 3.20. The van der Waals surface area contributed by atoms with Crippen LogP contribution in [0.15, 0.2) is 42.5 Å². The Morgan fingerprint density at radius 1 is 1.15 bits per heavy atom. The number of amides is 2. The number of para-hydroxylation sites is 1. The van der Waals surface area contributed by atoms with E-state index in [1.807, 2.05) is 43.3 Å². The number of hydrogen-bond acceptors (Lipinski definition) is 3. The van der Waals surface area contributed by atoms with Gasteiger partial charge in [-0.15, -0.1) is 0 Å². The fraction of sp³-hybridized carbons (Fsp3) is 0.333. The van der Waals surface area contributed by atoms with Gasteiger partial charge in [0, 0.05) is 35.8 Å². The Morgan fingerprint density at radius 2 is 1.92 bits per heavy atom. The van der Waals surface area contributed by atoms with E-state index in [2.05, 4.69) is 12.2 Å². The van der Waals surface area contributed by atoms with Crippen molar-refractivity contribution < 1.29 is 14.3 Å². The number of hydrogen-bond donors (Lipinski definition) is 1. The highest BCUT2D eigenvalue weighted by Gasteiger charge is 2.31. The standard InChI is InChI=1S/C21H22N2O3/c1-13-14(2)26-20-17(13)5-3-6-18(20)21(25)22-15-8-10-16(11-9-15)23-12-4-7-19(23)24/h3,5-6,8-11,13-14H,4,7,12H2,1-2H3,(H,22,25)/t13-,14-/m1/s1. The van der Waals surface area contributed by atoms with Crippen LogP contribution in [0.4, 0.5) is 11.4 Å². The van der Waals surface area contributed by atoms with Gasteiger partial charge in [-0.05, 0) is 43.7 Å². The van der Waals surface area contributed by atoms with Gasteiger partial charge in [-0.1, -0.05) is 19.1 Å². The average Bonchev–Trinajstić information content (AvgIpc) is 3.19. The van der Waals surface area contributed by atoms with Crippen LogP contribution in [0, 0.1) is 0 Å². The molecule has 2 atom stereocenters. The molecule has 2 aliphatic heterocycles. The van der Waals surface area contributed by atoms with Crippen LogP contribution in [0.5, 0.6) is 5.75 Å². The lowest BCUT2D eigenvalue weighted by Crippen LogP contribution is -2.23. The second-order valence-corrected chi connectivity index (χ2v) is 6.99. The van der Waals surface area contributed by atoms with Crippen LogP contribution in [0.1, 0.15) is 48.5 Å². The highest BCUT2D eigenvalue weighted by molar-refractivity contribution is 6.06. The molecule has 134 valence electrons. The minimum absolute atomic E-state index is 0.0660. The molecule has 2 aromatic carbocycles. The van der Waals surface area contributed by atoms with Crippen molar-refractivity contribution in [3.63, 3.8) is 0 Å². The summed E-state index contributed by atoms with van der Waals surface area (Å²) in [6.45, 7) is 4.88. The number of ether oxygens (including phenoxy) is 1. The zero-order valence-corrected chi connectivity index (χ0v) is 15.0. The monoisotopic (exact) mass is 350 g/mol. The number of carbonyl (C=O) groups excluding carboxylic acids is 2. The van der Waals surface area contributed by atoms with Crippen LogP contribution in [0.25, 0.3) is 0 Å². The van der Waals surface area contributed by atoms with Gasteiger partial charge in [0.1, 0.15) is 11.9 Å². The van der Waals surface area contributed by atoms with Crippen LogP contribution in [0.2, 0.25) is 0 Å². The molecule has 0 unspecified atom stereocenters. The van der Waals surface area contributed by atoms with Gasteiger partial charge in [-0.3, -0.25) is 9.59 Å². The number of nitrogens with one attached hydrogen (secondary N) is 1. The molecule has 0 aromatic heterocycles. The van der Waals surface area contributed by atoms with Crippen LogP contribution in [-0.2, 0) is 4.79 Å². The summed E-state index contributed by atoms with van der Waals surface area (Å²) in [7, 11) is 0. The minimum Gasteiger partial charge on any atom is -0.489 e. The topological polar surface area (TPSA) is 58.6 Å². The summed E-state index contributed by atoms with van der Waals surface area (Å²) in [5, 5.41) is 2.92. The average molecular weight is 350 g/mol. The van der Waals surface area contributed by atoms with Gasteiger partial charge in [0.15, 0.2) is 0 Å². The van der Waals surface area contributed by atoms with Crippen molar-refractivity contribution in [1.29, 1.82) is 0 Å². The largest absolute Gasteiger partial charge is 0.489 e. The third-order valence-electron chi connectivity index (χ3n) is 5.30. The third kappa shape index (κ3) is 2.83. The quantitative estimate of drug-likeness (QED) is 0.912. The van der Waals surface area contributed by atoms with Gasteiger partial charge >= 0.3 is 0 Å². The number of nitrogens with zero attached hydrogens (tertiary/aromatic N) is 1. The first-order valence-electron chi connectivity index (χ1n) is 9.06. The zero-order valence-electron chi connectivity index (χ0n) is 15.0. The Bertz CT molecular complexity index is 860. The molecule has 2 heterocycles. The molecular weight excluding hydrogens is 328 g/mol. The first kappa shape index (κ1) is 16.6.